The van der Waals surface area contributed by atoms with Crippen molar-refractivity contribution >= 4 is 11.1 Å². The van der Waals surface area contributed by atoms with Crippen LogP contribution in [0.4, 0.5) is 0 Å². The Bertz CT molecular complexity index is 1700. The van der Waals surface area contributed by atoms with E-state index in [0.29, 0.717) is 17.0 Å². The van der Waals surface area contributed by atoms with Crippen molar-refractivity contribution in [3.05, 3.63) is 115 Å². The number of aromatic hydroxyl groups is 1. The van der Waals surface area contributed by atoms with Gasteiger partial charge < -0.3 is 9.52 Å². The molecule has 0 fully saturated rings. The molecule has 0 saturated heterocycles. The van der Waals surface area contributed by atoms with Crippen LogP contribution in [0.3, 0.4) is 0 Å². The molecule has 5 heteroatoms. The molecule has 196 valence electrons. The van der Waals surface area contributed by atoms with Gasteiger partial charge in [0.25, 0.3) is 0 Å². The van der Waals surface area contributed by atoms with Crippen molar-refractivity contribution in [3.8, 4) is 50.7 Å². The fraction of sp³-hybridized carbons (Fsp3) is 0.118. The zero-order chi connectivity index (χ0) is 26.3. The minimum Gasteiger partial charge on any atom is -0.507 e. The summed E-state index contributed by atoms with van der Waals surface area (Å²) in [7, 11) is 0. The quantitative estimate of drug-likeness (QED) is 0.188. The molecule has 0 radical (unpaired) electrons. The molecule has 39 heavy (non-hydrogen) atoms. The van der Waals surface area contributed by atoms with Crippen molar-refractivity contribution in [2.24, 2.45) is 0 Å². The molecule has 0 unspecified atom stereocenters. The van der Waals surface area contributed by atoms with Crippen LogP contribution >= 0.6 is 0 Å². The van der Waals surface area contributed by atoms with Gasteiger partial charge in [-0.1, -0.05) is 98.1 Å². The maximum Gasteiger partial charge on any atom is 0.230 e. The van der Waals surface area contributed by atoms with Crippen LogP contribution in [0.25, 0.3) is 56.1 Å². The van der Waals surface area contributed by atoms with Crippen LogP contribution in [0.1, 0.15) is 26.3 Å². The van der Waals surface area contributed by atoms with E-state index in [9.17, 15) is 5.11 Å². The molecule has 4 aromatic carbocycles. The number of rotatable bonds is 4. The molecular weight excluding hydrogens is 663 g/mol. The summed E-state index contributed by atoms with van der Waals surface area (Å²) in [5.41, 5.74) is 8.72. The number of para-hydroxylation sites is 1. The number of oxazole rings is 1. The summed E-state index contributed by atoms with van der Waals surface area (Å²) in [5, 5.41) is 10.5. The average Bonchev–Trinajstić information content (AvgIpc) is 3.37. The largest absolute Gasteiger partial charge is 0.507 e. The smallest absolute Gasteiger partial charge is 0.230 e. The molecule has 0 amide bonds. The molecule has 0 aliphatic heterocycles. The summed E-state index contributed by atoms with van der Waals surface area (Å²) in [4.78, 5) is 9.48. The van der Waals surface area contributed by atoms with Gasteiger partial charge in [-0.2, -0.15) is 0 Å². The number of fused-ring (bicyclic) bond motifs is 1. The van der Waals surface area contributed by atoms with Gasteiger partial charge in [0.2, 0.25) is 5.89 Å². The third-order valence-corrected chi connectivity index (χ3v) is 6.70. The second-order valence-corrected chi connectivity index (χ2v) is 10.4. The summed E-state index contributed by atoms with van der Waals surface area (Å²) in [6.45, 7) is 6.55. The van der Waals surface area contributed by atoms with Crippen molar-refractivity contribution in [1.82, 2.24) is 9.97 Å². The molecule has 6 aromatic rings. The van der Waals surface area contributed by atoms with E-state index in [-0.39, 0.29) is 32.2 Å². The first-order chi connectivity index (χ1) is 18.4. The Kier molecular flexibility index (Phi) is 7.25. The zero-order valence-electron chi connectivity index (χ0n) is 21.9. The maximum atomic E-state index is 10.5. The van der Waals surface area contributed by atoms with E-state index in [1.807, 2.05) is 48.5 Å². The number of benzene rings is 4. The topological polar surface area (TPSA) is 59.2 Å². The number of hydrogen-bond donors (Lipinski definition) is 1. The zero-order valence-corrected chi connectivity index (χ0v) is 24.2. The maximum absolute atomic E-state index is 10.5. The van der Waals surface area contributed by atoms with Gasteiger partial charge in [0.1, 0.15) is 11.3 Å². The van der Waals surface area contributed by atoms with E-state index >= 15 is 0 Å². The van der Waals surface area contributed by atoms with Gasteiger partial charge in [0, 0.05) is 33.0 Å². The molecule has 0 atom stereocenters. The third kappa shape index (κ3) is 5.30. The monoisotopic (exact) mass is 690 g/mol. The van der Waals surface area contributed by atoms with Gasteiger partial charge in [0.05, 0.1) is 11.1 Å². The standard InChI is InChI=1S/C34H27N2O2.Pt/c1-34(2,3)26-20-28(32-31(21-26)38-33(36-32)27-13-7-8-15-30(27)37)24-17-23(22-11-5-4-6-12-22)18-25(19-24)29-14-9-10-16-35-29;/h4-18,20-21,37H,1-3H3;/q-1;. The molecule has 0 spiro atoms. The fourth-order valence-electron chi connectivity index (χ4n) is 4.61. The van der Waals surface area contributed by atoms with Crippen molar-refractivity contribution in [2.75, 3.05) is 0 Å². The van der Waals surface area contributed by atoms with Crippen LogP contribution < -0.4 is 0 Å². The van der Waals surface area contributed by atoms with Crippen LogP contribution in [-0.2, 0) is 26.5 Å². The van der Waals surface area contributed by atoms with Crippen molar-refractivity contribution in [3.63, 3.8) is 0 Å². The van der Waals surface area contributed by atoms with E-state index in [1.165, 1.54) is 0 Å². The molecule has 1 N–H and O–H groups in total. The number of phenolic OH excluding ortho intramolecular Hbond substituents is 1. The van der Waals surface area contributed by atoms with Gasteiger partial charge in [-0.25, -0.2) is 4.98 Å². The van der Waals surface area contributed by atoms with Gasteiger partial charge in [-0.15, -0.1) is 23.8 Å². The molecule has 2 aromatic heterocycles. The second-order valence-electron chi connectivity index (χ2n) is 10.4. The predicted octanol–water partition coefficient (Wildman–Crippen LogP) is 8.69. The molecule has 0 aliphatic carbocycles. The van der Waals surface area contributed by atoms with E-state index in [1.54, 1.807) is 18.3 Å². The van der Waals surface area contributed by atoms with Crippen LogP contribution in [-0.4, -0.2) is 15.1 Å². The van der Waals surface area contributed by atoms with Crippen molar-refractivity contribution in [2.45, 2.75) is 26.2 Å². The van der Waals surface area contributed by atoms with Gasteiger partial charge in [-0.05, 0) is 40.8 Å². The SMILES string of the molecule is CC(C)(C)c1cc(-c2[c-]c(-c3ccccn3)cc(-c3ccccc3)c2)c2nc(-c3ccccc3O)oc2c1.[Pt]. The normalized spacial score (nSPS) is 11.4. The molecule has 6 rings (SSSR count). The van der Waals surface area contributed by atoms with E-state index in [0.717, 1.165) is 44.6 Å². The first kappa shape index (κ1) is 26.6. The third-order valence-electron chi connectivity index (χ3n) is 6.70. The first-order valence-electron chi connectivity index (χ1n) is 12.6. The summed E-state index contributed by atoms with van der Waals surface area (Å²) >= 11 is 0. The van der Waals surface area contributed by atoms with E-state index in [2.05, 4.69) is 68.2 Å². The number of aromatic nitrogens is 2. The van der Waals surface area contributed by atoms with Crippen LogP contribution in [0.2, 0.25) is 0 Å². The first-order valence-corrected chi connectivity index (χ1v) is 12.6. The summed E-state index contributed by atoms with van der Waals surface area (Å²) in [6.07, 6.45) is 1.80. The molecular formula is C34H27N2O2Pt-. The number of nitrogens with zero attached hydrogens (tertiary/aromatic N) is 2. The molecule has 2 heterocycles. The Labute approximate surface area is 242 Å². The number of hydrogen-bond acceptors (Lipinski definition) is 4. The Morgan fingerprint density at radius 3 is 2.18 bits per heavy atom. The summed E-state index contributed by atoms with van der Waals surface area (Å²) in [6, 6.07) is 35.5. The van der Waals surface area contributed by atoms with Gasteiger partial charge in [0.15, 0.2) is 0 Å². The van der Waals surface area contributed by atoms with Crippen LogP contribution in [0, 0.1) is 6.07 Å². The van der Waals surface area contributed by atoms with Crippen molar-refractivity contribution < 1.29 is 30.6 Å². The number of phenols is 1. The number of pyridine rings is 1. The van der Waals surface area contributed by atoms with Gasteiger partial charge in [-0.3, -0.25) is 4.98 Å². The summed E-state index contributed by atoms with van der Waals surface area (Å²) in [5.74, 6) is 0.515. The van der Waals surface area contributed by atoms with E-state index in [4.69, 9.17) is 9.40 Å². The van der Waals surface area contributed by atoms with Crippen molar-refractivity contribution in [1.29, 1.82) is 0 Å². The Morgan fingerprint density at radius 1 is 0.744 bits per heavy atom. The van der Waals surface area contributed by atoms with Crippen LogP contribution in [0.15, 0.2) is 108 Å². The molecule has 0 bridgehead atoms. The minimum absolute atomic E-state index is 0. The second kappa shape index (κ2) is 10.6. The van der Waals surface area contributed by atoms with Crippen LogP contribution in [0.5, 0.6) is 5.75 Å². The predicted molar refractivity (Wildman–Crippen MR) is 153 cm³/mol. The minimum atomic E-state index is -0.119. The Balaban J connectivity index is 0.00000308. The summed E-state index contributed by atoms with van der Waals surface area (Å²) < 4.78 is 6.27. The molecule has 0 saturated carbocycles. The Hall–Kier alpha value is -4.01. The Morgan fingerprint density at radius 2 is 1.46 bits per heavy atom. The molecule has 0 aliphatic rings. The average molecular weight is 691 g/mol. The molecule has 4 nitrogen and oxygen atoms in total. The fourth-order valence-corrected chi connectivity index (χ4v) is 4.61. The van der Waals surface area contributed by atoms with E-state index < -0.39 is 0 Å². The van der Waals surface area contributed by atoms with Gasteiger partial charge >= 0.3 is 0 Å².